The molecule has 0 unspecified atom stereocenters. The largest absolute Gasteiger partial charge is 0.447 e. The average molecular weight is 359 g/mol. The van der Waals surface area contributed by atoms with Crippen molar-refractivity contribution in [3.05, 3.63) is 23.8 Å². The summed E-state index contributed by atoms with van der Waals surface area (Å²) in [4.78, 5) is 32.8. The summed E-state index contributed by atoms with van der Waals surface area (Å²) >= 11 is 0. The Morgan fingerprint density at radius 1 is 1.35 bits per heavy atom. The molecule has 1 aliphatic carbocycles. The fraction of sp³-hybridized carbons (Fsp3) is 0.611. The predicted octanol–water partition coefficient (Wildman–Crippen LogP) is 1.92. The Kier molecular flexibility index (Phi) is 5.20. The number of amides is 1. The maximum atomic E-state index is 12.4. The molecule has 4 atom stereocenters. The number of hydrogen-bond donors (Lipinski definition) is 1. The molecule has 0 spiro atoms. The van der Waals surface area contributed by atoms with Gasteiger partial charge >= 0.3 is 5.97 Å². The van der Waals surface area contributed by atoms with Gasteiger partial charge in [0.15, 0.2) is 6.10 Å². The average Bonchev–Trinajstić information content (AvgIpc) is 3.04. The van der Waals surface area contributed by atoms with Crippen molar-refractivity contribution in [1.29, 1.82) is 0 Å². The van der Waals surface area contributed by atoms with Crippen LogP contribution in [0.5, 0.6) is 0 Å². The van der Waals surface area contributed by atoms with Gasteiger partial charge in [0.1, 0.15) is 0 Å². The third-order valence-electron chi connectivity index (χ3n) is 5.30. The zero-order valence-electron chi connectivity index (χ0n) is 15.6. The van der Waals surface area contributed by atoms with Crippen molar-refractivity contribution >= 4 is 17.7 Å². The van der Waals surface area contributed by atoms with Crippen LogP contribution >= 0.6 is 0 Å². The standard InChI is InChI=1S/C18H25N5O3/c1-10-6-5-7-14(12(10)3)20-16(24)13(4)26-17(25)15-21-18-19-9-8-11(2)23(18)22-15/h8-10,12-14H,5-7H2,1-4H3,(H,20,24)/t10-,12-,13-,14-/m1/s1. The van der Waals surface area contributed by atoms with E-state index in [1.54, 1.807) is 19.2 Å². The van der Waals surface area contributed by atoms with E-state index in [1.807, 2.05) is 6.92 Å². The van der Waals surface area contributed by atoms with Crippen molar-refractivity contribution in [2.75, 3.05) is 0 Å². The van der Waals surface area contributed by atoms with Crippen LogP contribution in [0.4, 0.5) is 0 Å². The summed E-state index contributed by atoms with van der Waals surface area (Å²) < 4.78 is 6.72. The molecule has 0 radical (unpaired) electrons. The zero-order chi connectivity index (χ0) is 18.8. The second-order valence-electron chi connectivity index (χ2n) is 7.16. The van der Waals surface area contributed by atoms with E-state index in [-0.39, 0.29) is 17.8 Å². The fourth-order valence-corrected chi connectivity index (χ4v) is 3.35. The van der Waals surface area contributed by atoms with Crippen molar-refractivity contribution in [3.8, 4) is 0 Å². The van der Waals surface area contributed by atoms with Gasteiger partial charge in [0.2, 0.25) is 0 Å². The van der Waals surface area contributed by atoms with Gasteiger partial charge in [0, 0.05) is 17.9 Å². The Balaban J connectivity index is 1.62. The molecule has 26 heavy (non-hydrogen) atoms. The first-order valence-electron chi connectivity index (χ1n) is 9.06. The monoisotopic (exact) mass is 359 g/mol. The summed E-state index contributed by atoms with van der Waals surface area (Å²) in [6.07, 6.45) is 3.92. The van der Waals surface area contributed by atoms with Crippen LogP contribution in [0.1, 0.15) is 56.3 Å². The highest BCUT2D eigenvalue weighted by atomic mass is 16.5. The van der Waals surface area contributed by atoms with Gasteiger partial charge in [0.25, 0.3) is 17.5 Å². The Bertz CT molecular complexity index is 818. The molecule has 1 N–H and O–H groups in total. The van der Waals surface area contributed by atoms with Crippen LogP contribution in [0.25, 0.3) is 5.78 Å². The van der Waals surface area contributed by atoms with E-state index in [9.17, 15) is 9.59 Å². The van der Waals surface area contributed by atoms with Crippen molar-refractivity contribution in [3.63, 3.8) is 0 Å². The lowest BCUT2D eigenvalue weighted by molar-refractivity contribution is -0.130. The van der Waals surface area contributed by atoms with Gasteiger partial charge in [-0.1, -0.05) is 26.7 Å². The third-order valence-corrected chi connectivity index (χ3v) is 5.30. The zero-order valence-corrected chi connectivity index (χ0v) is 15.6. The van der Waals surface area contributed by atoms with Gasteiger partial charge in [-0.05, 0) is 38.2 Å². The number of fused-ring (bicyclic) bond motifs is 1. The van der Waals surface area contributed by atoms with Crippen LogP contribution < -0.4 is 5.32 Å². The number of rotatable bonds is 4. The third kappa shape index (κ3) is 3.68. The minimum Gasteiger partial charge on any atom is -0.447 e. The molecule has 0 saturated heterocycles. The highest BCUT2D eigenvalue weighted by Crippen LogP contribution is 2.29. The SMILES string of the molecule is Cc1ccnc2nc(C(=O)O[C@H](C)C(=O)N[C@@H]3CCC[C@@H](C)[C@H]3C)nn12. The number of esters is 1. The molecule has 0 aliphatic heterocycles. The first-order valence-corrected chi connectivity index (χ1v) is 9.06. The molecule has 0 bridgehead atoms. The molecule has 140 valence electrons. The van der Waals surface area contributed by atoms with E-state index < -0.39 is 12.1 Å². The van der Waals surface area contributed by atoms with E-state index in [0.717, 1.165) is 18.5 Å². The molecule has 2 aromatic heterocycles. The number of ether oxygens (including phenoxy) is 1. The minimum absolute atomic E-state index is 0.105. The van der Waals surface area contributed by atoms with E-state index in [4.69, 9.17) is 4.74 Å². The van der Waals surface area contributed by atoms with Gasteiger partial charge in [-0.15, -0.1) is 5.10 Å². The van der Waals surface area contributed by atoms with Gasteiger partial charge in [0.05, 0.1) is 0 Å². The lowest BCUT2D eigenvalue weighted by Gasteiger charge is -2.35. The molecule has 1 fully saturated rings. The summed E-state index contributed by atoms with van der Waals surface area (Å²) in [5.41, 5.74) is 0.799. The normalized spacial score (nSPS) is 24.2. The Morgan fingerprint density at radius 3 is 2.85 bits per heavy atom. The molecule has 8 heteroatoms. The van der Waals surface area contributed by atoms with Gasteiger partial charge < -0.3 is 10.1 Å². The molecule has 0 aromatic carbocycles. The predicted molar refractivity (Wildman–Crippen MR) is 94.5 cm³/mol. The highest BCUT2D eigenvalue weighted by molar-refractivity contribution is 5.89. The minimum atomic E-state index is -0.910. The van der Waals surface area contributed by atoms with Gasteiger partial charge in [-0.3, -0.25) is 4.79 Å². The maximum Gasteiger partial charge on any atom is 0.379 e. The summed E-state index contributed by atoms with van der Waals surface area (Å²) in [6, 6.07) is 1.88. The van der Waals surface area contributed by atoms with Crippen LogP contribution in [0.15, 0.2) is 12.3 Å². The molecule has 1 amide bonds. The number of carbonyl (C=O) groups excluding carboxylic acids is 2. The molecule has 2 heterocycles. The lowest BCUT2D eigenvalue weighted by atomic mass is 9.78. The quantitative estimate of drug-likeness (QED) is 0.838. The first-order chi connectivity index (χ1) is 12.4. The lowest BCUT2D eigenvalue weighted by Crippen LogP contribution is -2.47. The Hall–Kier alpha value is -2.51. The van der Waals surface area contributed by atoms with Crippen molar-refractivity contribution in [2.45, 2.75) is 59.1 Å². The smallest absolute Gasteiger partial charge is 0.379 e. The van der Waals surface area contributed by atoms with E-state index >= 15 is 0 Å². The number of nitrogens with one attached hydrogen (secondary N) is 1. The topological polar surface area (TPSA) is 98.5 Å². The summed E-state index contributed by atoms with van der Waals surface area (Å²) in [6.45, 7) is 7.75. The van der Waals surface area contributed by atoms with Crippen LogP contribution in [0, 0.1) is 18.8 Å². The highest BCUT2D eigenvalue weighted by Gasteiger charge is 2.30. The first kappa shape index (κ1) is 18.3. The second kappa shape index (κ2) is 7.39. The van der Waals surface area contributed by atoms with Crippen LogP contribution in [0.2, 0.25) is 0 Å². The number of hydrogen-bond acceptors (Lipinski definition) is 6. The molecule has 2 aromatic rings. The summed E-state index contributed by atoms with van der Waals surface area (Å²) in [7, 11) is 0. The van der Waals surface area contributed by atoms with E-state index in [2.05, 4.69) is 34.2 Å². The van der Waals surface area contributed by atoms with Crippen molar-refractivity contribution in [2.24, 2.45) is 11.8 Å². The molecule has 1 aliphatic rings. The number of aryl methyl sites for hydroxylation is 1. The fourth-order valence-electron chi connectivity index (χ4n) is 3.35. The van der Waals surface area contributed by atoms with Crippen molar-refractivity contribution < 1.29 is 14.3 Å². The number of aromatic nitrogens is 4. The van der Waals surface area contributed by atoms with Gasteiger partial charge in [-0.25, -0.2) is 14.3 Å². The molecule has 1 saturated carbocycles. The number of nitrogens with zero attached hydrogens (tertiary/aromatic N) is 4. The second-order valence-corrected chi connectivity index (χ2v) is 7.16. The number of carbonyl (C=O) groups is 2. The summed E-state index contributed by atoms with van der Waals surface area (Å²) in [5, 5.41) is 7.12. The molecular formula is C18H25N5O3. The van der Waals surface area contributed by atoms with Crippen LogP contribution in [0.3, 0.4) is 0 Å². The Morgan fingerprint density at radius 2 is 2.12 bits per heavy atom. The molecule has 8 nitrogen and oxygen atoms in total. The van der Waals surface area contributed by atoms with Crippen LogP contribution in [-0.4, -0.2) is 43.6 Å². The van der Waals surface area contributed by atoms with E-state index in [0.29, 0.717) is 17.6 Å². The maximum absolute atomic E-state index is 12.4. The molecule has 3 rings (SSSR count). The Labute approximate surface area is 152 Å². The van der Waals surface area contributed by atoms with E-state index in [1.165, 1.54) is 10.9 Å². The van der Waals surface area contributed by atoms with Crippen LogP contribution in [-0.2, 0) is 9.53 Å². The van der Waals surface area contributed by atoms with Crippen molar-refractivity contribution in [1.82, 2.24) is 24.9 Å². The summed E-state index contributed by atoms with van der Waals surface area (Å²) in [5.74, 6) is 0.171. The molecular weight excluding hydrogens is 334 g/mol. The van der Waals surface area contributed by atoms with Gasteiger partial charge in [-0.2, -0.15) is 4.98 Å².